The largest absolute Gasteiger partial charge is 0.333 e. The third-order valence-corrected chi connectivity index (χ3v) is 3.34. The van der Waals surface area contributed by atoms with E-state index in [4.69, 9.17) is 0 Å². The van der Waals surface area contributed by atoms with Gasteiger partial charge in [0, 0.05) is 13.0 Å². The van der Waals surface area contributed by atoms with Gasteiger partial charge >= 0.3 is 0 Å². The van der Waals surface area contributed by atoms with Crippen molar-refractivity contribution in [1.82, 2.24) is 9.97 Å². The Morgan fingerprint density at radius 3 is 3.20 bits per heavy atom. The summed E-state index contributed by atoms with van der Waals surface area (Å²) < 4.78 is 1.09. The molecule has 4 nitrogen and oxygen atoms in total. The second kappa shape index (κ2) is 3.27. The lowest BCUT2D eigenvalue weighted by atomic mass is 10.4. The molecule has 0 amide bonds. The topological polar surface area (TPSA) is 46.1 Å². The van der Waals surface area contributed by atoms with E-state index in [0.29, 0.717) is 18.9 Å². The number of rotatable bonds is 1. The number of thiophene rings is 1. The zero-order valence-electron chi connectivity index (χ0n) is 8.01. The molecule has 0 aliphatic carbocycles. The molecule has 1 fully saturated rings. The Morgan fingerprint density at radius 1 is 1.47 bits per heavy atom. The monoisotopic (exact) mass is 219 g/mol. The number of nitrogens with zero attached hydrogens (tertiary/aromatic N) is 3. The van der Waals surface area contributed by atoms with Crippen LogP contribution in [0.15, 0.2) is 17.6 Å². The van der Waals surface area contributed by atoms with Gasteiger partial charge in [0.25, 0.3) is 0 Å². The van der Waals surface area contributed by atoms with E-state index in [9.17, 15) is 4.79 Å². The molecule has 0 aromatic carbocycles. The lowest BCUT2D eigenvalue weighted by Crippen LogP contribution is -2.21. The smallest absolute Gasteiger partial charge is 0.226 e. The quantitative estimate of drug-likeness (QED) is 0.728. The first-order chi connectivity index (χ1) is 7.33. The van der Waals surface area contributed by atoms with Crippen LogP contribution < -0.4 is 4.90 Å². The van der Waals surface area contributed by atoms with E-state index in [1.165, 1.54) is 0 Å². The summed E-state index contributed by atoms with van der Waals surface area (Å²) in [6.45, 7) is 1.20. The van der Waals surface area contributed by atoms with Crippen LogP contribution in [0.4, 0.5) is 5.95 Å². The van der Waals surface area contributed by atoms with Gasteiger partial charge < -0.3 is 4.90 Å². The maximum atomic E-state index is 11.1. The summed E-state index contributed by atoms with van der Waals surface area (Å²) >= 11 is 1.63. The summed E-state index contributed by atoms with van der Waals surface area (Å²) in [5.41, 5.74) is 0.962. The fraction of sp³-hybridized carbons (Fsp3) is 0.300. The minimum absolute atomic E-state index is 0.268. The van der Waals surface area contributed by atoms with Gasteiger partial charge in [0.15, 0.2) is 5.78 Å². The second-order valence-corrected chi connectivity index (χ2v) is 4.50. The molecular weight excluding hydrogens is 210 g/mol. The number of ketones is 1. The number of Topliss-reactive ketones (excluding diaryl/α,β-unsaturated/α-hetero) is 1. The van der Waals surface area contributed by atoms with E-state index < -0.39 is 0 Å². The van der Waals surface area contributed by atoms with Gasteiger partial charge in [0.1, 0.15) is 0 Å². The van der Waals surface area contributed by atoms with Crippen molar-refractivity contribution in [3.63, 3.8) is 0 Å². The number of carbonyl (C=O) groups excluding carboxylic acids is 1. The van der Waals surface area contributed by atoms with Crippen LogP contribution in [0, 0.1) is 0 Å². The maximum absolute atomic E-state index is 11.1. The van der Waals surface area contributed by atoms with E-state index in [1.54, 1.807) is 11.3 Å². The van der Waals surface area contributed by atoms with Crippen LogP contribution in [-0.2, 0) is 4.79 Å². The molecule has 5 heteroatoms. The molecule has 0 spiro atoms. The number of hydrogen-bond acceptors (Lipinski definition) is 5. The van der Waals surface area contributed by atoms with E-state index in [0.717, 1.165) is 16.8 Å². The van der Waals surface area contributed by atoms with Gasteiger partial charge in [-0.2, -0.15) is 0 Å². The summed E-state index contributed by atoms with van der Waals surface area (Å²) in [5.74, 6) is 0.941. The first-order valence-electron chi connectivity index (χ1n) is 4.80. The molecule has 0 bridgehead atoms. The molecule has 0 saturated carbocycles. The van der Waals surface area contributed by atoms with Crippen LogP contribution in [0.5, 0.6) is 0 Å². The molecule has 15 heavy (non-hydrogen) atoms. The van der Waals surface area contributed by atoms with Crippen molar-refractivity contribution >= 4 is 33.3 Å². The van der Waals surface area contributed by atoms with Crippen molar-refractivity contribution < 1.29 is 4.79 Å². The molecule has 1 saturated heterocycles. The molecule has 76 valence electrons. The minimum atomic E-state index is 0.268. The van der Waals surface area contributed by atoms with E-state index in [2.05, 4.69) is 9.97 Å². The average Bonchev–Trinajstić information content (AvgIpc) is 2.84. The second-order valence-electron chi connectivity index (χ2n) is 3.55. The number of aromatic nitrogens is 2. The predicted octanol–water partition coefficient (Wildman–Crippen LogP) is 1.47. The van der Waals surface area contributed by atoms with Crippen molar-refractivity contribution in [2.45, 2.75) is 6.42 Å². The van der Waals surface area contributed by atoms with Gasteiger partial charge in [-0.05, 0) is 11.4 Å². The van der Waals surface area contributed by atoms with Crippen molar-refractivity contribution in [2.24, 2.45) is 0 Å². The van der Waals surface area contributed by atoms with Gasteiger partial charge in [-0.3, -0.25) is 4.79 Å². The summed E-state index contributed by atoms with van der Waals surface area (Å²) in [6.07, 6.45) is 2.44. The highest BCUT2D eigenvalue weighted by Gasteiger charge is 2.21. The van der Waals surface area contributed by atoms with Crippen LogP contribution >= 0.6 is 11.3 Å². The van der Waals surface area contributed by atoms with Gasteiger partial charge in [-0.15, -0.1) is 11.3 Å². The Morgan fingerprint density at radius 2 is 2.40 bits per heavy atom. The van der Waals surface area contributed by atoms with E-state index in [1.807, 2.05) is 22.5 Å². The Bertz CT molecular complexity index is 522. The van der Waals surface area contributed by atoms with Crippen molar-refractivity contribution in [3.8, 4) is 0 Å². The van der Waals surface area contributed by atoms with Crippen LogP contribution in [0.2, 0.25) is 0 Å². The molecule has 2 aromatic rings. The number of fused-ring (bicyclic) bond motifs is 1. The molecule has 3 rings (SSSR count). The highest BCUT2D eigenvalue weighted by atomic mass is 32.1. The molecule has 2 aromatic heterocycles. The molecule has 0 radical (unpaired) electrons. The van der Waals surface area contributed by atoms with E-state index in [-0.39, 0.29) is 5.78 Å². The number of hydrogen-bond donors (Lipinski definition) is 0. The zero-order chi connectivity index (χ0) is 10.3. The average molecular weight is 219 g/mol. The van der Waals surface area contributed by atoms with Crippen molar-refractivity contribution in [1.29, 1.82) is 0 Å². The zero-order valence-corrected chi connectivity index (χ0v) is 8.83. The Balaban J connectivity index is 2.00. The van der Waals surface area contributed by atoms with Gasteiger partial charge in [-0.1, -0.05) is 0 Å². The summed E-state index contributed by atoms with van der Waals surface area (Å²) in [7, 11) is 0. The summed E-state index contributed by atoms with van der Waals surface area (Å²) in [4.78, 5) is 21.8. The molecule has 0 atom stereocenters. The number of anilines is 1. The third kappa shape index (κ3) is 1.48. The molecule has 0 N–H and O–H groups in total. The lowest BCUT2D eigenvalue weighted by Gasteiger charge is -2.12. The maximum Gasteiger partial charge on any atom is 0.226 e. The molecular formula is C10H9N3OS. The van der Waals surface area contributed by atoms with Crippen molar-refractivity contribution in [2.75, 3.05) is 18.0 Å². The molecule has 0 unspecified atom stereocenters. The Kier molecular flexibility index (Phi) is 1.92. The highest BCUT2D eigenvalue weighted by Crippen LogP contribution is 2.21. The normalized spacial score (nSPS) is 16.5. The van der Waals surface area contributed by atoms with Crippen LogP contribution in [-0.4, -0.2) is 28.8 Å². The molecule has 1 aliphatic rings. The van der Waals surface area contributed by atoms with E-state index >= 15 is 0 Å². The molecule has 3 heterocycles. The van der Waals surface area contributed by atoms with Gasteiger partial charge in [0.2, 0.25) is 5.95 Å². The minimum Gasteiger partial charge on any atom is -0.333 e. The Labute approximate surface area is 90.6 Å². The first kappa shape index (κ1) is 8.79. The van der Waals surface area contributed by atoms with Gasteiger partial charge in [-0.25, -0.2) is 9.97 Å². The fourth-order valence-corrected chi connectivity index (χ4v) is 2.40. The predicted molar refractivity (Wildman–Crippen MR) is 59.3 cm³/mol. The van der Waals surface area contributed by atoms with Crippen LogP contribution in [0.1, 0.15) is 6.42 Å². The first-order valence-corrected chi connectivity index (χ1v) is 5.68. The SMILES string of the molecule is O=C1CCN(c2ncc3sccc3n2)C1. The van der Waals surface area contributed by atoms with Crippen LogP contribution in [0.25, 0.3) is 10.2 Å². The highest BCUT2D eigenvalue weighted by molar-refractivity contribution is 7.17. The fourth-order valence-electron chi connectivity index (χ4n) is 1.71. The Hall–Kier alpha value is -1.49. The summed E-state index contributed by atoms with van der Waals surface area (Å²) in [5, 5.41) is 2.00. The lowest BCUT2D eigenvalue weighted by molar-refractivity contribution is -0.116. The van der Waals surface area contributed by atoms with Crippen LogP contribution in [0.3, 0.4) is 0 Å². The van der Waals surface area contributed by atoms with Crippen molar-refractivity contribution in [3.05, 3.63) is 17.6 Å². The van der Waals surface area contributed by atoms with Gasteiger partial charge in [0.05, 0.1) is 23.0 Å². The summed E-state index contributed by atoms with van der Waals surface area (Å²) in [6, 6.07) is 1.98. The molecule has 1 aliphatic heterocycles. The number of carbonyl (C=O) groups is 1. The standard InChI is InChI=1S/C10H9N3OS/c14-7-1-3-13(6-7)10-11-5-9-8(12-10)2-4-15-9/h2,4-5H,1,3,6H2. The third-order valence-electron chi connectivity index (χ3n) is 2.50.